The molecular formula is C9H7ClN2O2. The highest BCUT2D eigenvalue weighted by atomic mass is 35.5. The molecule has 0 fully saturated rings. The smallest absolute Gasteiger partial charge is 0.243 e. The third kappa shape index (κ3) is 1.70. The molecule has 14 heavy (non-hydrogen) atoms. The Hall–Kier alpha value is -1.55. The van der Waals surface area contributed by atoms with Gasteiger partial charge in [0, 0.05) is 20.8 Å². The summed E-state index contributed by atoms with van der Waals surface area (Å²) in [5, 5.41) is 11.8. The molecular weight excluding hydrogens is 204 g/mol. The number of benzene rings is 1. The normalized spacial score (nSPS) is 10.6. The van der Waals surface area contributed by atoms with Crippen molar-refractivity contribution in [1.29, 1.82) is 0 Å². The van der Waals surface area contributed by atoms with Crippen LogP contribution in [0.3, 0.4) is 0 Å². The lowest BCUT2D eigenvalue weighted by Gasteiger charge is -1.89. The number of rotatable bonds is 2. The van der Waals surface area contributed by atoms with Gasteiger partial charge in [0.15, 0.2) is 0 Å². The summed E-state index contributed by atoms with van der Waals surface area (Å²) in [6.45, 7) is -0.188. The van der Waals surface area contributed by atoms with Gasteiger partial charge in [0.2, 0.25) is 6.54 Å². The van der Waals surface area contributed by atoms with Crippen LogP contribution >= 0.6 is 11.6 Å². The Kier molecular flexibility index (Phi) is 2.13. The van der Waals surface area contributed by atoms with Crippen molar-refractivity contribution in [3.63, 3.8) is 0 Å². The van der Waals surface area contributed by atoms with Crippen molar-refractivity contribution in [2.24, 2.45) is 0 Å². The number of aromatic amines is 1. The SMILES string of the molecule is O=[N+]([O-])Cc1cc2cc(Cl)ccc2[nH]1. The van der Waals surface area contributed by atoms with Crippen LogP contribution in [-0.4, -0.2) is 9.91 Å². The third-order valence-corrected chi connectivity index (χ3v) is 2.17. The summed E-state index contributed by atoms with van der Waals surface area (Å²) >= 11 is 5.79. The van der Waals surface area contributed by atoms with Gasteiger partial charge in [0.05, 0.1) is 5.69 Å². The monoisotopic (exact) mass is 210 g/mol. The number of aromatic nitrogens is 1. The van der Waals surface area contributed by atoms with E-state index in [0.29, 0.717) is 10.7 Å². The van der Waals surface area contributed by atoms with Crippen molar-refractivity contribution in [3.8, 4) is 0 Å². The molecule has 1 heterocycles. The predicted octanol–water partition coefficient (Wildman–Crippen LogP) is 2.60. The van der Waals surface area contributed by atoms with E-state index in [9.17, 15) is 10.1 Å². The molecule has 0 unspecified atom stereocenters. The fraction of sp³-hybridized carbons (Fsp3) is 0.111. The average Bonchev–Trinajstić information content (AvgIpc) is 2.44. The lowest BCUT2D eigenvalue weighted by molar-refractivity contribution is -0.497. The molecule has 1 aromatic heterocycles. The van der Waals surface area contributed by atoms with E-state index >= 15 is 0 Å². The molecule has 2 rings (SSSR count). The van der Waals surface area contributed by atoms with Gasteiger partial charge in [-0.3, -0.25) is 10.1 Å². The quantitative estimate of drug-likeness (QED) is 0.612. The van der Waals surface area contributed by atoms with Crippen molar-refractivity contribution >= 4 is 22.5 Å². The molecule has 0 aliphatic carbocycles. The van der Waals surface area contributed by atoms with Crippen LogP contribution in [0.2, 0.25) is 5.02 Å². The minimum absolute atomic E-state index is 0.188. The van der Waals surface area contributed by atoms with Gasteiger partial charge in [-0.05, 0) is 24.3 Å². The maximum atomic E-state index is 10.3. The molecule has 0 atom stereocenters. The van der Waals surface area contributed by atoms with Gasteiger partial charge in [-0.15, -0.1) is 0 Å². The van der Waals surface area contributed by atoms with E-state index in [-0.39, 0.29) is 11.5 Å². The number of nitro groups is 1. The van der Waals surface area contributed by atoms with E-state index in [1.165, 1.54) is 0 Å². The topological polar surface area (TPSA) is 58.9 Å². The Morgan fingerprint density at radius 1 is 1.43 bits per heavy atom. The summed E-state index contributed by atoms with van der Waals surface area (Å²) in [7, 11) is 0. The predicted molar refractivity (Wildman–Crippen MR) is 54.0 cm³/mol. The van der Waals surface area contributed by atoms with E-state index in [1.54, 1.807) is 24.3 Å². The van der Waals surface area contributed by atoms with Crippen LogP contribution in [0, 0.1) is 10.1 Å². The number of nitrogens with zero attached hydrogens (tertiary/aromatic N) is 1. The molecule has 0 saturated heterocycles. The molecule has 0 aliphatic rings. The zero-order chi connectivity index (χ0) is 10.1. The van der Waals surface area contributed by atoms with E-state index in [0.717, 1.165) is 10.9 Å². The Bertz CT molecular complexity index is 493. The van der Waals surface area contributed by atoms with Crippen LogP contribution in [0.15, 0.2) is 24.3 Å². The van der Waals surface area contributed by atoms with E-state index < -0.39 is 0 Å². The second kappa shape index (κ2) is 3.31. The summed E-state index contributed by atoms with van der Waals surface area (Å²) < 4.78 is 0. The van der Waals surface area contributed by atoms with E-state index in [4.69, 9.17) is 11.6 Å². The first kappa shape index (κ1) is 9.02. The highest BCUT2D eigenvalue weighted by molar-refractivity contribution is 6.31. The maximum Gasteiger partial charge on any atom is 0.243 e. The van der Waals surface area contributed by atoms with Crippen LogP contribution in [0.1, 0.15) is 5.69 Å². The van der Waals surface area contributed by atoms with Gasteiger partial charge in [0.25, 0.3) is 0 Å². The number of nitrogens with one attached hydrogen (secondary N) is 1. The van der Waals surface area contributed by atoms with E-state index in [1.807, 2.05) is 0 Å². The Labute approximate surface area is 84.6 Å². The first-order chi connectivity index (χ1) is 6.65. The largest absolute Gasteiger partial charge is 0.353 e. The molecule has 0 spiro atoms. The zero-order valence-electron chi connectivity index (χ0n) is 7.16. The summed E-state index contributed by atoms with van der Waals surface area (Å²) in [5.74, 6) is 0. The van der Waals surface area contributed by atoms with Crippen molar-refractivity contribution in [1.82, 2.24) is 4.98 Å². The highest BCUT2D eigenvalue weighted by Crippen LogP contribution is 2.20. The van der Waals surface area contributed by atoms with Crippen molar-refractivity contribution in [2.75, 3.05) is 0 Å². The zero-order valence-corrected chi connectivity index (χ0v) is 7.91. The molecule has 0 saturated carbocycles. The minimum atomic E-state index is -0.369. The van der Waals surface area contributed by atoms with Gasteiger partial charge >= 0.3 is 0 Å². The molecule has 2 aromatic rings. The summed E-state index contributed by atoms with van der Waals surface area (Å²) in [6.07, 6.45) is 0. The number of halogens is 1. The Morgan fingerprint density at radius 2 is 2.21 bits per heavy atom. The van der Waals surface area contributed by atoms with Crippen molar-refractivity contribution in [2.45, 2.75) is 6.54 Å². The Balaban J connectivity index is 2.46. The van der Waals surface area contributed by atoms with Crippen LogP contribution in [0.25, 0.3) is 10.9 Å². The average molecular weight is 211 g/mol. The summed E-state index contributed by atoms with van der Waals surface area (Å²) in [4.78, 5) is 12.9. The first-order valence-electron chi connectivity index (χ1n) is 4.04. The number of H-pyrrole nitrogens is 1. The third-order valence-electron chi connectivity index (χ3n) is 1.94. The molecule has 1 aromatic carbocycles. The molecule has 4 nitrogen and oxygen atoms in total. The molecule has 0 bridgehead atoms. The van der Waals surface area contributed by atoms with E-state index in [2.05, 4.69) is 4.98 Å². The van der Waals surface area contributed by atoms with Crippen LogP contribution in [-0.2, 0) is 6.54 Å². The summed E-state index contributed by atoms with van der Waals surface area (Å²) in [6, 6.07) is 7.07. The second-order valence-corrected chi connectivity index (χ2v) is 3.45. The van der Waals surface area contributed by atoms with Crippen LogP contribution < -0.4 is 0 Å². The maximum absolute atomic E-state index is 10.3. The number of fused-ring (bicyclic) bond motifs is 1. The van der Waals surface area contributed by atoms with Gasteiger partial charge in [-0.1, -0.05) is 11.6 Å². The van der Waals surface area contributed by atoms with Gasteiger partial charge in [0.1, 0.15) is 0 Å². The number of hydrogen-bond donors (Lipinski definition) is 1. The second-order valence-electron chi connectivity index (χ2n) is 3.02. The first-order valence-corrected chi connectivity index (χ1v) is 4.42. The molecule has 72 valence electrons. The highest BCUT2D eigenvalue weighted by Gasteiger charge is 2.05. The van der Waals surface area contributed by atoms with Crippen LogP contribution in [0.5, 0.6) is 0 Å². The molecule has 0 amide bonds. The van der Waals surface area contributed by atoms with Crippen molar-refractivity contribution < 1.29 is 4.92 Å². The van der Waals surface area contributed by atoms with Gasteiger partial charge in [-0.25, -0.2) is 0 Å². The Morgan fingerprint density at radius 3 is 2.93 bits per heavy atom. The molecule has 0 radical (unpaired) electrons. The van der Waals surface area contributed by atoms with Crippen molar-refractivity contribution in [3.05, 3.63) is 45.1 Å². The number of hydrogen-bond acceptors (Lipinski definition) is 2. The fourth-order valence-electron chi connectivity index (χ4n) is 1.39. The fourth-order valence-corrected chi connectivity index (χ4v) is 1.57. The molecule has 1 N–H and O–H groups in total. The summed E-state index contributed by atoms with van der Waals surface area (Å²) in [5.41, 5.74) is 1.46. The molecule has 5 heteroatoms. The standard InChI is InChI=1S/C9H7ClN2O2/c10-7-1-2-9-6(3-7)4-8(11-9)5-12(13)14/h1-4,11H,5H2. The van der Waals surface area contributed by atoms with Gasteiger partial charge in [-0.2, -0.15) is 0 Å². The van der Waals surface area contributed by atoms with Crippen LogP contribution in [0.4, 0.5) is 0 Å². The lowest BCUT2D eigenvalue weighted by Crippen LogP contribution is -1.97. The lowest BCUT2D eigenvalue weighted by atomic mass is 10.2. The van der Waals surface area contributed by atoms with Gasteiger partial charge < -0.3 is 4.98 Å². The minimum Gasteiger partial charge on any atom is -0.353 e. The molecule has 0 aliphatic heterocycles.